The van der Waals surface area contributed by atoms with Crippen LogP contribution in [0.1, 0.15) is 30.1 Å². The summed E-state index contributed by atoms with van der Waals surface area (Å²) >= 11 is 0. The van der Waals surface area contributed by atoms with E-state index in [2.05, 4.69) is 21.2 Å². The van der Waals surface area contributed by atoms with Crippen LogP contribution in [0.15, 0.2) is 72.3 Å². The Bertz CT molecular complexity index is 1420. The molecule has 0 spiro atoms. The smallest absolute Gasteiger partial charge is 0.421 e. The average Bonchev–Trinajstić information content (AvgIpc) is 2.91. The third kappa shape index (κ3) is 5.06. The zero-order valence-corrected chi connectivity index (χ0v) is 21.8. The van der Waals surface area contributed by atoms with Crippen molar-refractivity contribution in [3.05, 3.63) is 78.5 Å². The Labute approximate surface area is 217 Å². The molecule has 0 aliphatic carbocycles. The number of ether oxygens (including phenoxy) is 2. The zero-order chi connectivity index (χ0) is 26.2. The van der Waals surface area contributed by atoms with E-state index >= 15 is 0 Å². The maximum Gasteiger partial charge on any atom is 0.421 e. The molecule has 37 heavy (non-hydrogen) atoms. The molecule has 9 heteroatoms. The standard InChI is InChI=1S/C28H31N3O5S/c1-4-19-17-31-14-12-20(19)15-26(31)27(23-11-13-29-25-10-7-21(35-3)16-24(23)25)36-28(32)30-37(33,34)22-8-5-18(2)6-9-22/h4-11,13,16,19-20,26-27H,1,12,14-15,17H2,2-3H3,(H,30,32)/t19-,20-,26-,27+/m0/s1. The lowest BCUT2D eigenvalue weighted by atomic mass is 9.73. The molecule has 1 amide bonds. The van der Waals surface area contributed by atoms with Gasteiger partial charge in [-0.1, -0.05) is 23.8 Å². The van der Waals surface area contributed by atoms with Gasteiger partial charge in [-0.05, 0) is 74.5 Å². The van der Waals surface area contributed by atoms with Crippen molar-refractivity contribution in [2.45, 2.75) is 36.8 Å². The fraction of sp³-hybridized carbons (Fsp3) is 0.357. The van der Waals surface area contributed by atoms with E-state index in [1.807, 2.05) is 37.3 Å². The summed E-state index contributed by atoms with van der Waals surface area (Å²) in [6, 6.07) is 13.6. The van der Waals surface area contributed by atoms with Gasteiger partial charge in [-0.15, -0.1) is 6.58 Å². The van der Waals surface area contributed by atoms with Gasteiger partial charge < -0.3 is 9.47 Å². The molecule has 8 nitrogen and oxygen atoms in total. The van der Waals surface area contributed by atoms with Crippen molar-refractivity contribution < 1.29 is 22.7 Å². The number of rotatable bonds is 7. The van der Waals surface area contributed by atoms with Crippen molar-refractivity contribution in [1.29, 1.82) is 0 Å². The Balaban J connectivity index is 1.50. The summed E-state index contributed by atoms with van der Waals surface area (Å²) in [5.41, 5.74) is 2.42. The fourth-order valence-corrected chi connectivity index (χ4v) is 6.47. The Morgan fingerprint density at radius 3 is 2.68 bits per heavy atom. The monoisotopic (exact) mass is 521 g/mol. The molecule has 0 saturated carbocycles. The molecule has 2 bridgehead atoms. The maximum atomic E-state index is 13.1. The molecule has 1 unspecified atom stereocenters. The van der Waals surface area contributed by atoms with Gasteiger partial charge in [-0.3, -0.25) is 9.88 Å². The summed E-state index contributed by atoms with van der Waals surface area (Å²) in [6.45, 7) is 7.58. The van der Waals surface area contributed by atoms with Crippen LogP contribution >= 0.6 is 0 Å². The highest BCUT2D eigenvalue weighted by Crippen LogP contribution is 2.43. The summed E-state index contributed by atoms with van der Waals surface area (Å²) in [5, 5.41) is 0.795. The van der Waals surface area contributed by atoms with Crippen LogP contribution in [0.3, 0.4) is 0 Å². The van der Waals surface area contributed by atoms with Crippen molar-refractivity contribution in [3.8, 4) is 5.75 Å². The van der Waals surface area contributed by atoms with Crippen LogP contribution in [0.4, 0.5) is 4.79 Å². The SMILES string of the molecule is C=C[C@H]1CN2CC[C@H]1C[C@H]2[C@H](OC(=O)NS(=O)(=O)c1ccc(C)cc1)c1ccnc2ccc(OC)cc12. The van der Waals surface area contributed by atoms with E-state index in [1.54, 1.807) is 25.4 Å². The molecule has 2 aromatic carbocycles. The molecule has 3 aromatic rings. The number of amides is 1. The predicted molar refractivity (Wildman–Crippen MR) is 141 cm³/mol. The second-order valence-corrected chi connectivity index (χ2v) is 11.5. The van der Waals surface area contributed by atoms with Crippen molar-refractivity contribution >= 4 is 27.0 Å². The molecule has 3 fully saturated rings. The number of benzene rings is 2. The number of fused-ring (bicyclic) bond motifs is 4. The first-order valence-corrected chi connectivity index (χ1v) is 13.9. The quantitative estimate of drug-likeness (QED) is 0.454. The topological polar surface area (TPSA) is 97.8 Å². The third-order valence-corrected chi connectivity index (χ3v) is 8.90. The van der Waals surface area contributed by atoms with Crippen molar-refractivity contribution in [3.63, 3.8) is 0 Å². The lowest BCUT2D eigenvalue weighted by molar-refractivity contribution is -0.0488. The van der Waals surface area contributed by atoms with Crippen LogP contribution in [0.2, 0.25) is 0 Å². The van der Waals surface area contributed by atoms with Gasteiger partial charge in [-0.25, -0.2) is 17.9 Å². The first-order valence-electron chi connectivity index (χ1n) is 12.4. The highest BCUT2D eigenvalue weighted by Gasteiger charge is 2.44. The largest absolute Gasteiger partial charge is 0.497 e. The Kier molecular flexibility index (Phi) is 6.92. The molecule has 3 saturated heterocycles. The van der Waals surface area contributed by atoms with Crippen LogP contribution in [0, 0.1) is 18.8 Å². The number of methoxy groups -OCH3 is 1. The van der Waals surface area contributed by atoms with Crippen LogP contribution in [-0.4, -0.2) is 50.6 Å². The van der Waals surface area contributed by atoms with E-state index in [4.69, 9.17) is 9.47 Å². The van der Waals surface area contributed by atoms with Gasteiger partial charge in [0.25, 0.3) is 10.0 Å². The Morgan fingerprint density at radius 2 is 2.00 bits per heavy atom. The zero-order valence-electron chi connectivity index (χ0n) is 21.0. The number of aromatic nitrogens is 1. The Morgan fingerprint density at radius 1 is 1.22 bits per heavy atom. The van der Waals surface area contributed by atoms with E-state index in [-0.39, 0.29) is 10.9 Å². The van der Waals surface area contributed by atoms with Gasteiger partial charge in [0, 0.05) is 23.7 Å². The highest BCUT2D eigenvalue weighted by atomic mass is 32.2. The molecular weight excluding hydrogens is 490 g/mol. The third-order valence-electron chi connectivity index (χ3n) is 7.58. The second-order valence-electron chi connectivity index (χ2n) is 9.77. The number of pyridine rings is 1. The van der Waals surface area contributed by atoms with Crippen LogP contribution in [0.25, 0.3) is 10.9 Å². The molecule has 0 radical (unpaired) electrons. The number of carbonyl (C=O) groups is 1. The van der Waals surface area contributed by atoms with E-state index in [0.29, 0.717) is 17.6 Å². The molecule has 3 aliphatic rings. The van der Waals surface area contributed by atoms with Crippen molar-refractivity contribution in [2.75, 3.05) is 20.2 Å². The first kappa shape index (κ1) is 25.2. The number of nitrogens with zero attached hydrogens (tertiary/aromatic N) is 2. The number of carbonyl (C=O) groups excluding carboxylic acids is 1. The number of piperidine rings is 3. The number of hydrogen-bond donors (Lipinski definition) is 1. The first-order chi connectivity index (χ1) is 17.8. The summed E-state index contributed by atoms with van der Waals surface area (Å²) in [5.74, 6) is 1.47. The number of nitrogens with one attached hydrogen (secondary N) is 1. The van der Waals surface area contributed by atoms with Gasteiger partial charge in [-0.2, -0.15) is 0 Å². The molecule has 194 valence electrons. The molecule has 1 aromatic heterocycles. The number of hydrogen-bond acceptors (Lipinski definition) is 7. The number of aryl methyl sites for hydroxylation is 1. The summed E-state index contributed by atoms with van der Waals surface area (Å²) in [7, 11) is -2.50. The van der Waals surface area contributed by atoms with Crippen LogP contribution in [0.5, 0.6) is 5.75 Å². The molecule has 5 atom stereocenters. The average molecular weight is 522 g/mol. The molecule has 3 aliphatic heterocycles. The maximum absolute atomic E-state index is 13.1. The molecular formula is C28H31N3O5S. The van der Waals surface area contributed by atoms with Gasteiger partial charge in [0.1, 0.15) is 11.9 Å². The fourth-order valence-electron chi connectivity index (χ4n) is 5.59. The predicted octanol–water partition coefficient (Wildman–Crippen LogP) is 4.60. The van der Waals surface area contributed by atoms with Crippen LogP contribution in [-0.2, 0) is 14.8 Å². The summed E-state index contributed by atoms with van der Waals surface area (Å²) in [6.07, 6.45) is 3.84. The van der Waals surface area contributed by atoms with E-state index in [9.17, 15) is 13.2 Å². The Hall–Kier alpha value is -3.43. The minimum atomic E-state index is -4.09. The van der Waals surface area contributed by atoms with Gasteiger partial charge in [0.2, 0.25) is 0 Å². The lowest BCUT2D eigenvalue weighted by Crippen LogP contribution is -2.55. The van der Waals surface area contributed by atoms with E-state index < -0.39 is 22.2 Å². The molecule has 6 rings (SSSR count). The molecule has 1 N–H and O–H groups in total. The van der Waals surface area contributed by atoms with Gasteiger partial charge >= 0.3 is 6.09 Å². The van der Waals surface area contributed by atoms with Gasteiger partial charge in [0.05, 0.1) is 23.6 Å². The van der Waals surface area contributed by atoms with Crippen molar-refractivity contribution in [1.82, 2.24) is 14.6 Å². The minimum Gasteiger partial charge on any atom is -0.497 e. The highest BCUT2D eigenvalue weighted by molar-refractivity contribution is 7.90. The van der Waals surface area contributed by atoms with Crippen LogP contribution < -0.4 is 9.46 Å². The van der Waals surface area contributed by atoms with E-state index in [0.717, 1.165) is 48.0 Å². The second kappa shape index (κ2) is 10.1. The summed E-state index contributed by atoms with van der Waals surface area (Å²) in [4.78, 5) is 19.9. The van der Waals surface area contributed by atoms with Crippen molar-refractivity contribution in [2.24, 2.45) is 11.8 Å². The van der Waals surface area contributed by atoms with Gasteiger partial charge in [0.15, 0.2) is 0 Å². The lowest BCUT2D eigenvalue weighted by Gasteiger charge is -2.51. The molecule has 4 heterocycles. The number of sulfonamides is 1. The van der Waals surface area contributed by atoms with E-state index in [1.165, 1.54) is 12.1 Å². The summed E-state index contributed by atoms with van der Waals surface area (Å²) < 4.78 is 39.3. The normalized spacial score (nSPS) is 23.8. The minimum absolute atomic E-state index is 0.00000427.